The van der Waals surface area contributed by atoms with Crippen LogP contribution in [-0.2, 0) is 0 Å². The predicted molar refractivity (Wildman–Crippen MR) is 34.2 cm³/mol. The van der Waals surface area contributed by atoms with E-state index in [0.29, 0.717) is 10.7 Å². The summed E-state index contributed by atoms with van der Waals surface area (Å²) >= 11 is 5.52. The Bertz CT molecular complexity index is 165. The molecule has 0 spiro atoms. The molecule has 0 aliphatic rings. The van der Waals surface area contributed by atoms with E-state index in [4.69, 9.17) is 17.3 Å². The van der Waals surface area contributed by atoms with E-state index in [2.05, 4.69) is 0 Å². The first-order chi connectivity index (χ1) is 3.80. The summed E-state index contributed by atoms with van der Waals surface area (Å²) in [5, 5.41) is 0.507. The number of hydrogen-bond acceptors (Lipinski definition) is 0. The third-order valence-corrected chi connectivity index (χ3v) is 1.20. The zero-order valence-electron chi connectivity index (χ0n) is 4.19. The minimum atomic E-state index is 0.383. The molecular weight excluding hydrogens is 122 g/mol. The summed E-state index contributed by atoms with van der Waals surface area (Å²) in [6.45, 7) is 0. The molecule has 1 aromatic carbocycles. The van der Waals surface area contributed by atoms with Crippen molar-refractivity contribution >= 4 is 17.3 Å². The van der Waals surface area contributed by atoms with Crippen LogP contribution in [0.1, 0.15) is 0 Å². The molecule has 1 rings (SSSR count). The Morgan fingerprint density at radius 3 is 2.25 bits per heavy atom. The molecule has 0 atom stereocenters. The molecule has 0 heterocycles. The molecule has 0 saturated carbocycles. The standard InChI is InChI=1S/C6H5ClN/c7-5-3-1-2-4-6(5)8/h1-4,8H. The second kappa shape index (κ2) is 2.05. The largest absolute Gasteiger partial charge is 0.299 e. The van der Waals surface area contributed by atoms with Crippen molar-refractivity contribution in [2.75, 3.05) is 0 Å². The van der Waals surface area contributed by atoms with Crippen LogP contribution in [0.4, 0.5) is 5.69 Å². The average Bonchev–Trinajstić information content (AvgIpc) is 1.77. The Morgan fingerprint density at radius 1 is 1.25 bits per heavy atom. The number of benzene rings is 1. The van der Waals surface area contributed by atoms with E-state index in [0.717, 1.165) is 0 Å². The van der Waals surface area contributed by atoms with E-state index in [1.807, 2.05) is 0 Å². The van der Waals surface area contributed by atoms with Crippen molar-refractivity contribution in [2.24, 2.45) is 0 Å². The van der Waals surface area contributed by atoms with Gasteiger partial charge in [-0.25, -0.2) is 0 Å². The van der Waals surface area contributed by atoms with Gasteiger partial charge in [-0.1, -0.05) is 23.7 Å². The van der Waals surface area contributed by atoms with Gasteiger partial charge in [0.15, 0.2) is 0 Å². The topological polar surface area (TPSA) is 23.8 Å². The summed E-state index contributed by atoms with van der Waals surface area (Å²) in [6.07, 6.45) is 0. The summed E-state index contributed by atoms with van der Waals surface area (Å²) in [7, 11) is 0. The maximum absolute atomic E-state index is 7.09. The van der Waals surface area contributed by atoms with Crippen molar-refractivity contribution in [1.29, 1.82) is 0 Å². The molecule has 0 saturated heterocycles. The summed E-state index contributed by atoms with van der Waals surface area (Å²) in [4.78, 5) is 0. The summed E-state index contributed by atoms with van der Waals surface area (Å²) < 4.78 is 0. The van der Waals surface area contributed by atoms with Crippen LogP contribution < -0.4 is 5.73 Å². The Balaban J connectivity index is 3.13. The van der Waals surface area contributed by atoms with Crippen molar-refractivity contribution in [3.63, 3.8) is 0 Å². The van der Waals surface area contributed by atoms with Crippen LogP contribution >= 0.6 is 11.6 Å². The average molecular weight is 127 g/mol. The van der Waals surface area contributed by atoms with Gasteiger partial charge < -0.3 is 0 Å². The van der Waals surface area contributed by atoms with E-state index < -0.39 is 0 Å². The molecule has 0 aliphatic heterocycles. The van der Waals surface area contributed by atoms with Gasteiger partial charge in [-0.15, -0.1) is 0 Å². The van der Waals surface area contributed by atoms with Gasteiger partial charge in [0.2, 0.25) is 0 Å². The number of hydrogen-bond donors (Lipinski definition) is 0. The highest BCUT2D eigenvalue weighted by Gasteiger charge is 1.88. The lowest BCUT2D eigenvalue weighted by Crippen LogP contribution is -1.67. The highest BCUT2D eigenvalue weighted by atomic mass is 35.5. The van der Waals surface area contributed by atoms with Gasteiger partial charge in [0.25, 0.3) is 0 Å². The molecular formula is C6H5ClN. The molecule has 1 nitrogen and oxygen atoms in total. The monoisotopic (exact) mass is 126 g/mol. The maximum atomic E-state index is 7.09. The molecule has 0 bridgehead atoms. The first-order valence-electron chi connectivity index (χ1n) is 2.27. The van der Waals surface area contributed by atoms with Crippen molar-refractivity contribution in [3.05, 3.63) is 29.3 Å². The molecule has 0 unspecified atom stereocenters. The molecule has 0 amide bonds. The molecule has 41 valence electrons. The van der Waals surface area contributed by atoms with Crippen LogP contribution in [0.25, 0.3) is 0 Å². The highest BCUT2D eigenvalue weighted by molar-refractivity contribution is 6.32. The third-order valence-electron chi connectivity index (χ3n) is 0.874. The Kier molecular flexibility index (Phi) is 1.40. The lowest BCUT2D eigenvalue weighted by Gasteiger charge is -1.89. The summed E-state index contributed by atoms with van der Waals surface area (Å²) in [6, 6.07) is 6.95. The molecule has 0 aromatic heterocycles. The third kappa shape index (κ3) is 0.928. The minimum Gasteiger partial charge on any atom is -0.299 e. The molecule has 2 heteroatoms. The number of halogens is 1. The first-order valence-corrected chi connectivity index (χ1v) is 2.64. The quantitative estimate of drug-likeness (QED) is 0.509. The van der Waals surface area contributed by atoms with Gasteiger partial charge in [-0.3, -0.25) is 5.73 Å². The maximum Gasteiger partial charge on any atom is 0.0726 e. The molecule has 0 fully saturated rings. The van der Waals surface area contributed by atoms with Crippen LogP contribution in [0.5, 0.6) is 0 Å². The smallest absolute Gasteiger partial charge is 0.0726 e. The van der Waals surface area contributed by atoms with Crippen molar-refractivity contribution in [2.45, 2.75) is 0 Å². The molecule has 8 heavy (non-hydrogen) atoms. The second-order valence-corrected chi connectivity index (χ2v) is 1.89. The van der Waals surface area contributed by atoms with Crippen molar-refractivity contribution in [3.8, 4) is 0 Å². The van der Waals surface area contributed by atoms with Crippen molar-refractivity contribution in [1.82, 2.24) is 5.73 Å². The Morgan fingerprint density at radius 2 is 1.88 bits per heavy atom. The number of rotatable bonds is 0. The van der Waals surface area contributed by atoms with E-state index in [9.17, 15) is 0 Å². The highest BCUT2D eigenvalue weighted by Crippen LogP contribution is 2.17. The van der Waals surface area contributed by atoms with Gasteiger partial charge in [-0.05, 0) is 12.1 Å². The van der Waals surface area contributed by atoms with Crippen LogP contribution in [0, 0.1) is 0 Å². The second-order valence-electron chi connectivity index (χ2n) is 1.48. The molecule has 1 N–H and O–H groups in total. The van der Waals surface area contributed by atoms with E-state index in [1.54, 1.807) is 24.3 Å². The van der Waals surface area contributed by atoms with Gasteiger partial charge >= 0.3 is 0 Å². The van der Waals surface area contributed by atoms with Gasteiger partial charge in [0.1, 0.15) is 0 Å². The van der Waals surface area contributed by atoms with Gasteiger partial charge in [0, 0.05) is 0 Å². The van der Waals surface area contributed by atoms with E-state index in [1.165, 1.54) is 0 Å². The minimum absolute atomic E-state index is 0.383. The fraction of sp³-hybridized carbons (Fsp3) is 0. The molecule has 1 radical (unpaired) electrons. The number of nitrogens with one attached hydrogen (secondary N) is 1. The molecule has 1 aromatic rings. The fourth-order valence-corrected chi connectivity index (χ4v) is 0.597. The molecule has 0 aliphatic carbocycles. The van der Waals surface area contributed by atoms with Crippen molar-refractivity contribution < 1.29 is 0 Å². The van der Waals surface area contributed by atoms with E-state index >= 15 is 0 Å². The predicted octanol–water partition coefficient (Wildman–Crippen LogP) is 2.25. The summed E-state index contributed by atoms with van der Waals surface area (Å²) in [5.41, 5.74) is 7.47. The first kappa shape index (κ1) is 5.45. The lowest BCUT2D eigenvalue weighted by molar-refractivity contribution is 1.49. The zero-order chi connectivity index (χ0) is 5.98. The van der Waals surface area contributed by atoms with Crippen LogP contribution in [0.15, 0.2) is 24.3 Å². The summed E-state index contributed by atoms with van der Waals surface area (Å²) in [5.74, 6) is 0. The SMILES string of the molecule is [NH]c1ccccc1Cl. The fourth-order valence-electron chi connectivity index (χ4n) is 0.461. The van der Waals surface area contributed by atoms with Crippen LogP contribution in [-0.4, -0.2) is 0 Å². The van der Waals surface area contributed by atoms with Gasteiger partial charge in [0.05, 0.1) is 10.7 Å². The Hall–Kier alpha value is -0.690. The zero-order valence-corrected chi connectivity index (χ0v) is 4.94. The van der Waals surface area contributed by atoms with Crippen LogP contribution in [0.2, 0.25) is 5.02 Å². The Labute approximate surface area is 53.1 Å². The van der Waals surface area contributed by atoms with E-state index in [-0.39, 0.29) is 0 Å². The lowest BCUT2D eigenvalue weighted by atomic mass is 10.3. The van der Waals surface area contributed by atoms with Gasteiger partial charge in [-0.2, -0.15) is 0 Å². The van der Waals surface area contributed by atoms with Crippen LogP contribution in [0.3, 0.4) is 0 Å². The normalized spacial score (nSPS) is 9.12.